The van der Waals surface area contributed by atoms with Gasteiger partial charge in [0.25, 0.3) is 0 Å². The van der Waals surface area contributed by atoms with Crippen molar-refractivity contribution in [3.05, 3.63) is 40.8 Å². The minimum atomic E-state index is -1.31. The number of rotatable bonds is 9. The smallest absolute Gasteiger partial charge is 0.240 e. The number of hydrogen-bond donors (Lipinski definition) is 2. The second-order valence-electron chi connectivity index (χ2n) is 7.73. The molecule has 0 bridgehead atoms. The lowest BCUT2D eigenvalue weighted by Gasteiger charge is -2.14. The van der Waals surface area contributed by atoms with Gasteiger partial charge in [0, 0.05) is 23.6 Å². The van der Waals surface area contributed by atoms with Crippen molar-refractivity contribution < 1.29 is 13.3 Å². The van der Waals surface area contributed by atoms with Gasteiger partial charge in [-0.15, -0.1) is 11.3 Å². The fraction of sp³-hybridized carbons (Fsp3) is 0.458. The molecule has 0 spiro atoms. The third-order valence-corrected chi connectivity index (χ3v) is 6.96. The molecule has 0 aliphatic rings. The molecular formula is C24H34FN5O2S2. The van der Waals surface area contributed by atoms with Crippen molar-refractivity contribution in [3.8, 4) is 22.2 Å². The van der Waals surface area contributed by atoms with Crippen molar-refractivity contribution in [1.82, 2.24) is 15.0 Å². The highest BCUT2D eigenvalue weighted by molar-refractivity contribution is 7.86. The maximum atomic E-state index is 14.8. The van der Waals surface area contributed by atoms with E-state index in [1.807, 2.05) is 34.6 Å². The summed E-state index contributed by atoms with van der Waals surface area (Å²) in [5.41, 5.74) is 1.83. The molecule has 1 aromatic carbocycles. The SMILES string of the molecule is CC.CCC(C)Nc1nccc(-c2sc(C)nc2Oc2cc(C)c(NS(=O)C(C)C)cc2F)n1. The molecule has 0 aliphatic carbocycles. The lowest BCUT2D eigenvalue weighted by Crippen LogP contribution is -2.15. The second kappa shape index (κ2) is 12.8. The van der Waals surface area contributed by atoms with Gasteiger partial charge in [0.15, 0.2) is 11.6 Å². The van der Waals surface area contributed by atoms with Crippen LogP contribution in [0.2, 0.25) is 0 Å². The van der Waals surface area contributed by atoms with Gasteiger partial charge in [-0.05, 0) is 58.7 Å². The zero-order chi connectivity index (χ0) is 25.4. The third-order valence-electron chi connectivity index (χ3n) is 4.70. The van der Waals surface area contributed by atoms with E-state index in [9.17, 15) is 8.60 Å². The molecule has 0 fully saturated rings. The Morgan fingerprint density at radius 2 is 1.88 bits per heavy atom. The lowest BCUT2D eigenvalue weighted by molar-refractivity contribution is 0.430. The number of anilines is 2. The summed E-state index contributed by atoms with van der Waals surface area (Å²) >= 11 is 1.42. The van der Waals surface area contributed by atoms with E-state index in [-0.39, 0.29) is 22.9 Å². The largest absolute Gasteiger partial charge is 0.434 e. The van der Waals surface area contributed by atoms with Gasteiger partial charge in [-0.2, -0.15) is 0 Å². The van der Waals surface area contributed by atoms with E-state index in [1.54, 1.807) is 25.3 Å². The maximum absolute atomic E-state index is 14.8. The number of ether oxygens (including phenoxy) is 1. The van der Waals surface area contributed by atoms with Crippen molar-refractivity contribution in [2.24, 2.45) is 0 Å². The number of hydrogen-bond acceptors (Lipinski definition) is 7. The first kappa shape index (κ1) is 27.7. The molecule has 0 saturated carbocycles. The Labute approximate surface area is 208 Å². The van der Waals surface area contributed by atoms with Crippen LogP contribution in [0.3, 0.4) is 0 Å². The summed E-state index contributed by atoms with van der Waals surface area (Å²) in [6.07, 6.45) is 2.61. The van der Waals surface area contributed by atoms with Crippen LogP contribution in [0, 0.1) is 19.7 Å². The van der Waals surface area contributed by atoms with Gasteiger partial charge >= 0.3 is 0 Å². The molecular weight excluding hydrogens is 473 g/mol. The molecule has 2 atom stereocenters. The highest BCUT2D eigenvalue weighted by atomic mass is 32.2. The summed E-state index contributed by atoms with van der Waals surface area (Å²) in [5.74, 6) is 0.272. The van der Waals surface area contributed by atoms with E-state index in [1.165, 1.54) is 17.4 Å². The highest BCUT2D eigenvalue weighted by Crippen LogP contribution is 2.38. The van der Waals surface area contributed by atoms with Crippen molar-refractivity contribution in [3.63, 3.8) is 0 Å². The van der Waals surface area contributed by atoms with E-state index < -0.39 is 16.8 Å². The van der Waals surface area contributed by atoms with Gasteiger partial charge in [-0.3, -0.25) is 0 Å². The molecule has 3 rings (SSSR count). The Hall–Kier alpha value is -2.59. The number of nitrogens with one attached hydrogen (secondary N) is 2. The zero-order valence-electron chi connectivity index (χ0n) is 21.0. The van der Waals surface area contributed by atoms with Gasteiger partial charge in [-0.25, -0.2) is 23.6 Å². The molecule has 2 aromatic heterocycles. The second-order valence-corrected chi connectivity index (χ2v) is 10.7. The fourth-order valence-electron chi connectivity index (χ4n) is 2.69. The van der Waals surface area contributed by atoms with Gasteiger partial charge in [-0.1, -0.05) is 20.8 Å². The first-order valence-electron chi connectivity index (χ1n) is 11.4. The fourth-order valence-corrected chi connectivity index (χ4v) is 4.18. The average molecular weight is 508 g/mol. The van der Waals surface area contributed by atoms with Gasteiger partial charge < -0.3 is 14.8 Å². The molecule has 0 amide bonds. The number of nitrogens with zero attached hydrogens (tertiary/aromatic N) is 3. The van der Waals surface area contributed by atoms with Crippen LogP contribution in [0.15, 0.2) is 24.4 Å². The van der Waals surface area contributed by atoms with Crippen LogP contribution in [0.4, 0.5) is 16.0 Å². The van der Waals surface area contributed by atoms with E-state index in [0.29, 0.717) is 27.8 Å². The van der Waals surface area contributed by atoms with Crippen LogP contribution in [0.25, 0.3) is 10.6 Å². The molecule has 10 heteroatoms. The van der Waals surface area contributed by atoms with E-state index in [2.05, 4.69) is 38.8 Å². The van der Waals surface area contributed by atoms with Crippen LogP contribution in [0.1, 0.15) is 58.5 Å². The van der Waals surface area contributed by atoms with Crippen LogP contribution in [-0.2, 0) is 11.0 Å². The van der Waals surface area contributed by atoms with Crippen molar-refractivity contribution >= 4 is 34.0 Å². The Kier molecular flexibility index (Phi) is 10.4. The molecule has 2 unspecified atom stereocenters. The van der Waals surface area contributed by atoms with E-state index in [0.717, 1.165) is 11.4 Å². The minimum Gasteiger partial charge on any atom is -0.434 e. The molecule has 2 heterocycles. The summed E-state index contributed by atoms with van der Waals surface area (Å²) in [4.78, 5) is 14.0. The topological polar surface area (TPSA) is 89.0 Å². The summed E-state index contributed by atoms with van der Waals surface area (Å²) < 4.78 is 35.7. The summed E-state index contributed by atoms with van der Waals surface area (Å²) in [6, 6.07) is 4.88. The van der Waals surface area contributed by atoms with Crippen LogP contribution in [-0.4, -0.2) is 30.5 Å². The van der Waals surface area contributed by atoms with Crippen LogP contribution in [0.5, 0.6) is 11.6 Å². The van der Waals surface area contributed by atoms with Gasteiger partial charge in [0.1, 0.15) is 15.9 Å². The molecule has 0 radical (unpaired) electrons. The summed E-state index contributed by atoms with van der Waals surface area (Å²) in [6.45, 7) is 15.5. The number of benzene rings is 1. The normalized spacial score (nSPS) is 12.5. The first-order valence-corrected chi connectivity index (χ1v) is 13.4. The van der Waals surface area contributed by atoms with Gasteiger partial charge in [0.2, 0.25) is 11.8 Å². The Morgan fingerprint density at radius 3 is 2.53 bits per heavy atom. The highest BCUT2D eigenvalue weighted by Gasteiger charge is 2.19. The van der Waals surface area contributed by atoms with Crippen LogP contribution < -0.4 is 14.8 Å². The predicted molar refractivity (Wildman–Crippen MR) is 141 cm³/mol. The Balaban J connectivity index is 0.00000199. The number of aryl methyl sites for hydroxylation is 2. The first-order chi connectivity index (χ1) is 16.2. The molecule has 186 valence electrons. The van der Waals surface area contributed by atoms with Gasteiger partial charge in [0.05, 0.1) is 16.4 Å². The van der Waals surface area contributed by atoms with Crippen molar-refractivity contribution in [2.75, 3.05) is 10.0 Å². The monoisotopic (exact) mass is 507 g/mol. The number of thiazole rings is 1. The quantitative estimate of drug-likeness (QED) is 0.329. The predicted octanol–water partition coefficient (Wildman–Crippen LogP) is 6.87. The Morgan fingerprint density at radius 1 is 1.18 bits per heavy atom. The Bertz CT molecular complexity index is 1120. The molecule has 0 saturated heterocycles. The molecule has 3 aromatic rings. The average Bonchev–Trinajstić information content (AvgIpc) is 3.18. The third kappa shape index (κ3) is 7.20. The van der Waals surface area contributed by atoms with E-state index >= 15 is 0 Å². The molecule has 34 heavy (non-hydrogen) atoms. The number of aromatic nitrogens is 3. The van der Waals surface area contributed by atoms with Crippen molar-refractivity contribution in [1.29, 1.82) is 0 Å². The standard InChI is InChI=1S/C22H28FN5O2S2.C2H6/c1-7-14(5)25-22-24-9-8-17(27-22)20-21(26-15(6)31-20)30-19-10-13(4)18(11-16(19)23)28-32(29)12(2)3;1-2/h8-12,14,28H,7H2,1-6H3,(H,24,25,27);1-2H3. The molecule has 7 nitrogen and oxygen atoms in total. The summed E-state index contributed by atoms with van der Waals surface area (Å²) in [5, 5.41) is 3.93. The molecule has 0 aliphatic heterocycles. The van der Waals surface area contributed by atoms with Crippen molar-refractivity contribution in [2.45, 2.75) is 73.1 Å². The lowest BCUT2D eigenvalue weighted by atomic mass is 10.2. The van der Waals surface area contributed by atoms with E-state index in [4.69, 9.17) is 4.74 Å². The zero-order valence-corrected chi connectivity index (χ0v) is 22.7. The number of halogens is 1. The summed E-state index contributed by atoms with van der Waals surface area (Å²) in [7, 11) is -1.31. The van der Waals surface area contributed by atoms with Crippen LogP contribution >= 0.6 is 11.3 Å². The molecule has 2 N–H and O–H groups in total. The maximum Gasteiger partial charge on any atom is 0.240 e. The minimum absolute atomic E-state index is 0.0435.